The van der Waals surface area contributed by atoms with Gasteiger partial charge in [-0.15, -0.1) is 0 Å². The van der Waals surface area contributed by atoms with Crippen molar-refractivity contribution in [3.05, 3.63) is 29.8 Å². The summed E-state index contributed by atoms with van der Waals surface area (Å²) in [4.78, 5) is 0. The van der Waals surface area contributed by atoms with Crippen LogP contribution >= 0.6 is 0 Å². The molecular weight excluding hydrogens is 236 g/mol. The average molecular weight is 264 g/mol. The molecule has 0 amide bonds. The first-order valence-electron chi connectivity index (χ1n) is 6.86. The van der Waals surface area contributed by atoms with E-state index in [2.05, 4.69) is 45.1 Å². The molecule has 0 heterocycles. The zero-order valence-electron chi connectivity index (χ0n) is 12.9. The highest BCUT2D eigenvalue weighted by atomic mass is 16.5. The molecule has 1 rings (SSSR count). The van der Waals surface area contributed by atoms with Gasteiger partial charge in [-0.3, -0.25) is 0 Å². The Labute approximate surface area is 117 Å². The molecule has 3 N–H and O–H groups in total. The maximum atomic E-state index is 5.75. The van der Waals surface area contributed by atoms with E-state index in [1.165, 1.54) is 5.56 Å². The summed E-state index contributed by atoms with van der Waals surface area (Å²) in [6.45, 7) is 11.4. The summed E-state index contributed by atoms with van der Waals surface area (Å²) < 4.78 is 5.19. The molecule has 3 nitrogen and oxygen atoms in total. The molecule has 0 unspecified atom stereocenters. The van der Waals surface area contributed by atoms with E-state index in [9.17, 15) is 0 Å². The Balaban J connectivity index is 2.59. The number of hydrogen-bond donors (Lipinski definition) is 2. The van der Waals surface area contributed by atoms with Crippen LogP contribution in [-0.2, 0) is 5.41 Å². The van der Waals surface area contributed by atoms with Gasteiger partial charge in [-0.05, 0) is 29.7 Å². The van der Waals surface area contributed by atoms with Crippen molar-refractivity contribution in [1.82, 2.24) is 5.32 Å². The van der Waals surface area contributed by atoms with Crippen molar-refractivity contribution in [3.63, 3.8) is 0 Å². The van der Waals surface area contributed by atoms with Crippen molar-refractivity contribution in [2.75, 3.05) is 26.7 Å². The van der Waals surface area contributed by atoms with Crippen LogP contribution in [0.3, 0.4) is 0 Å². The Bertz CT molecular complexity index is 382. The monoisotopic (exact) mass is 264 g/mol. The largest absolute Gasteiger partial charge is 0.497 e. The van der Waals surface area contributed by atoms with E-state index < -0.39 is 0 Å². The van der Waals surface area contributed by atoms with Crippen molar-refractivity contribution in [2.45, 2.75) is 33.1 Å². The van der Waals surface area contributed by atoms with Crippen LogP contribution in [0.25, 0.3) is 0 Å². The lowest BCUT2D eigenvalue weighted by Gasteiger charge is -2.29. The van der Waals surface area contributed by atoms with Crippen molar-refractivity contribution < 1.29 is 4.74 Å². The average Bonchev–Trinajstić information content (AvgIpc) is 2.38. The molecule has 0 bridgehead atoms. The Hall–Kier alpha value is -1.06. The van der Waals surface area contributed by atoms with Crippen molar-refractivity contribution >= 4 is 0 Å². The normalized spacial score (nSPS) is 12.5. The minimum Gasteiger partial charge on any atom is -0.497 e. The predicted octanol–water partition coefficient (Wildman–Crippen LogP) is 2.55. The molecule has 3 heteroatoms. The van der Waals surface area contributed by atoms with Gasteiger partial charge >= 0.3 is 0 Å². The maximum absolute atomic E-state index is 5.75. The van der Waals surface area contributed by atoms with Crippen LogP contribution in [0.4, 0.5) is 0 Å². The molecule has 1 aromatic rings. The molecule has 0 spiro atoms. The molecule has 0 fully saturated rings. The van der Waals surface area contributed by atoms with Crippen LogP contribution in [0.1, 0.15) is 33.3 Å². The number of ether oxygens (including phenoxy) is 1. The molecule has 0 aliphatic carbocycles. The third-order valence-corrected chi connectivity index (χ3v) is 3.59. The zero-order chi connectivity index (χ0) is 14.5. The van der Waals surface area contributed by atoms with Crippen LogP contribution in [0.5, 0.6) is 5.75 Å². The van der Waals surface area contributed by atoms with Gasteiger partial charge in [0, 0.05) is 18.5 Å². The molecule has 0 radical (unpaired) electrons. The smallest absolute Gasteiger partial charge is 0.118 e. The Morgan fingerprint density at radius 3 is 2.11 bits per heavy atom. The molecule has 1 aromatic carbocycles. The summed E-state index contributed by atoms with van der Waals surface area (Å²) >= 11 is 0. The Morgan fingerprint density at radius 2 is 1.63 bits per heavy atom. The predicted molar refractivity (Wildman–Crippen MR) is 81.7 cm³/mol. The first kappa shape index (κ1) is 16.0. The van der Waals surface area contributed by atoms with Gasteiger partial charge in [-0.25, -0.2) is 0 Å². The molecule has 0 aliphatic rings. The maximum Gasteiger partial charge on any atom is 0.118 e. The number of benzene rings is 1. The van der Waals surface area contributed by atoms with Gasteiger partial charge in [-0.1, -0.05) is 39.8 Å². The zero-order valence-corrected chi connectivity index (χ0v) is 12.9. The molecular formula is C16H28N2O. The van der Waals surface area contributed by atoms with E-state index in [1.54, 1.807) is 7.11 Å². The quantitative estimate of drug-likeness (QED) is 0.795. The van der Waals surface area contributed by atoms with Crippen LogP contribution < -0.4 is 15.8 Å². The SMILES string of the molecule is COc1ccc(C(C)(C)CNCC(C)(C)CN)cc1. The molecule has 0 saturated heterocycles. The summed E-state index contributed by atoms with van der Waals surface area (Å²) in [6, 6.07) is 8.30. The summed E-state index contributed by atoms with van der Waals surface area (Å²) in [5, 5.41) is 3.53. The van der Waals surface area contributed by atoms with Gasteiger partial charge in [-0.2, -0.15) is 0 Å². The van der Waals surface area contributed by atoms with Gasteiger partial charge in [0.15, 0.2) is 0 Å². The first-order chi connectivity index (χ1) is 8.80. The number of rotatable bonds is 7. The van der Waals surface area contributed by atoms with E-state index in [0.29, 0.717) is 6.54 Å². The summed E-state index contributed by atoms with van der Waals surface area (Å²) in [6.07, 6.45) is 0. The van der Waals surface area contributed by atoms with Crippen molar-refractivity contribution in [3.8, 4) is 5.75 Å². The van der Waals surface area contributed by atoms with Crippen molar-refractivity contribution in [1.29, 1.82) is 0 Å². The Kier molecular flexibility index (Phi) is 5.39. The second-order valence-corrected chi connectivity index (χ2v) is 6.58. The molecule has 0 saturated carbocycles. The van der Waals surface area contributed by atoms with Gasteiger partial charge in [0.1, 0.15) is 5.75 Å². The van der Waals surface area contributed by atoms with E-state index in [1.807, 2.05) is 12.1 Å². The van der Waals surface area contributed by atoms with Crippen molar-refractivity contribution in [2.24, 2.45) is 11.1 Å². The molecule has 0 atom stereocenters. The number of nitrogens with two attached hydrogens (primary N) is 1. The molecule has 0 aliphatic heterocycles. The Morgan fingerprint density at radius 1 is 1.05 bits per heavy atom. The first-order valence-corrected chi connectivity index (χ1v) is 6.86. The summed E-state index contributed by atoms with van der Waals surface area (Å²) in [5.74, 6) is 0.900. The highest BCUT2D eigenvalue weighted by Gasteiger charge is 2.22. The second kappa shape index (κ2) is 6.40. The second-order valence-electron chi connectivity index (χ2n) is 6.58. The third-order valence-electron chi connectivity index (χ3n) is 3.59. The highest BCUT2D eigenvalue weighted by Crippen LogP contribution is 2.24. The van der Waals surface area contributed by atoms with E-state index in [4.69, 9.17) is 10.5 Å². The van der Waals surface area contributed by atoms with Crippen LogP contribution in [0, 0.1) is 5.41 Å². The van der Waals surface area contributed by atoms with E-state index in [0.717, 1.165) is 18.8 Å². The van der Waals surface area contributed by atoms with Crippen LogP contribution in [-0.4, -0.2) is 26.7 Å². The van der Waals surface area contributed by atoms with E-state index >= 15 is 0 Å². The van der Waals surface area contributed by atoms with Crippen LogP contribution in [0.2, 0.25) is 0 Å². The summed E-state index contributed by atoms with van der Waals surface area (Å²) in [5.41, 5.74) is 7.30. The van der Waals surface area contributed by atoms with Gasteiger partial charge in [0.05, 0.1) is 7.11 Å². The fourth-order valence-corrected chi connectivity index (χ4v) is 1.93. The van der Waals surface area contributed by atoms with Gasteiger partial charge in [0.2, 0.25) is 0 Å². The lowest BCUT2D eigenvalue weighted by atomic mass is 9.84. The van der Waals surface area contributed by atoms with Gasteiger partial charge in [0.25, 0.3) is 0 Å². The minimum atomic E-state index is 0.0942. The molecule has 19 heavy (non-hydrogen) atoms. The van der Waals surface area contributed by atoms with Gasteiger partial charge < -0.3 is 15.8 Å². The highest BCUT2D eigenvalue weighted by molar-refractivity contribution is 5.31. The number of methoxy groups -OCH3 is 1. The third kappa shape index (κ3) is 4.84. The minimum absolute atomic E-state index is 0.0942. The van der Waals surface area contributed by atoms with Crippen LogP contribution in [0.15, 0.2) is 24.3 Å². The fourth-order valence-electron chi connectivity index (χ4n) is 1.93. The lowest BCUT2D eigenvalue weighted by Crippen LogP contribution is -2.40. The van der Waals surface area contributed by atoms with E-state index in [-0.39, 0.29) is 10.8 Å². The lowest BCUT2D eigenvalue weighted by molar-refractivity contribution is 0.332. The number of nitrogens with one attached hydrogen (secondary N) is 1. The number of hydrogen-bond acceptors (Lipinski definition) is 3. The standard InChI is InChI=1S/C16H28N2O/c1-15(2,10-17)11-18-12-16(3,4)13-6-8-14(19-5)9-7-13/h6-9,18H,10-12,17H2,1-5H3. The fraction of sp³-hybridized carbons (Fsp3) is 0.625. The topological polar surface area (TPSA) is 47.3 Å². The molecule has 108 valence electrons. The molecule has 0 aromatic heterocycles. The summed E-state index contributed by atoms with van der Waals surface area (Å²) in [7, 11) is 1.69.